The molecule has 2 aromatic rings. The highest BCUT2D eigenvalue weighted by molar-refractivity contribution is 7.99. The third-order valence-corrected chi connectivity index (χ3v) is 6.10. The fraction of sp³-hybridized carbons (Fsp3) is 0.556. The smallest absolute Gasteiger partial charge is 0.230 e. The van der Waals surface area contributed by atoms with Gasteiger partial charge in [0.1, 0.15) is 0 Å². The van der Waals surface area contributed by atoms with Gasteiger partial charge in [-0.15, -0.1) is 5.10 Å². The Bertz CT molecular complexity index is 741. The summed E-state index contributed by atoms with van der Waals surface area (Å²) in [6.45, 7) is 0. The van der Waals surface area contributed by atoms with Crippen molar-refractivity contribution in [2.24, 2.45) is 0 Å². The fourth-order valence-electron chi connectivity index (χ4n) is 3.93. The lowest BCUT2D eigenvalue weighted by Crippen LogP contribution is -2.32. The third kappa shape index (κ3) is 3.71. The number of hydrogen-bond donors (Lipinski definition) is 1. The molecule has 132 valence electrons. The molecule has 1 heterocycles. The molecule has 1 unspecified atom stereocenters. The molecule has 4 rings (SSSR count). The van der Waals surface area contributed by atoms with Crippen LogP contribution in [0.2, 0.25) is 0 Å². The van der Waals surface area contributed by atoms with Crippen molar-refractivity contribution in [3.05, 3.63) is 35.4 Å². The summed E-state index contributed by atoms with van der Waals surface area (Å²) in [6.07, 6.45) is 7.95. The van der Waals surface area contributed by atoms with E-state index in [-0.39, 0.29) is 11.9 Å². The molecular formula is C18H23N5OS. The van der Waals surface area contributed by atoms with Crippen LogP contribution in [0.1, 0.15) is 61.7 Å². The number of hydrogen-bond acceptors (Lipinski definition) is 5. The van der Waals surface area contributed by atoms with Crippen molar-refractivity contribution in [1.82, 2.24) is 25.5 Å². The number of rotatable bonds is 5. The normalized spacial score (nSPS) is 20.4. The minimum Gasteiger partial charge on any atom is -0.349 e. The first-order chi connectivity index (χ1) is 12.3. The summed E-state index contributed by atoms with van der Waals surface area (Å²) < 4.78 is 1.90. The van der Waals surface area contributed by atoms with Gasteiger partial charge < -0.3 is 5.32 Å². The SMILES string of the molecule is O=C(CSc1nnnn1C1CCCC1)NC1CCCc2ccccc21. The zero-order valence-corrected chi connectivity index (χ0v) is 15.0. The van der Waals surface area contributed by atoms with Crippen molar-refractivity contribution in [3.8, 4) is 0 Å². The van der Waals surface area contributed by atoms with E-state index in [0.29, 0.717) is 11.8 Å². The van der Waals surface area contributed by atoms with Gasteiger partial charge in [0, 0.05) is 0 Å². The second-order valence-electron chi connectivity index (χ2n) is 6.84. The van der Waals surface area contributed by atoms with Crippen molar-refractivity contribution in [1.29, 1.82) is 0 Å². The lowest BCUT2D eigenvalue weighted by molar-refractivity contribution is -0.119. The molecule has 1 saturated carbocycles. The van der Waals surface area contributed by atoms with Gasteiger partial charge in [0.15, 0.2) is 0 Å². The molecule has 0 bridgehead atoms. The minimum absolute atomic E-state index is 0.0488. The molecule has 1 aromatic heterocycles. The van der Waals surface area contributed by atoms with Gasteiger partial charge in [0.2, 0.25) is 11.1 Å². The van der Waals surface area contributed by atoms with Crippen LogP contribution in [0, 0.1) is 0 Å². The van der Waals surface area contributed by atoms with Crippen LogP contribution in [0.4, 0.5) is 0 Å². The molecule has 6 nitrogen and oxygen atoms in total. The van der Waals surface area contributed by atoms with Crippen molar-refractivity contribution >= 4 is 17.7 Å². The molecule has 0 spiro atoms. The van der Waals surface area contributed by atoms with Crippen molar-refractivity contribution in [2.45, 2.75) is 62.2 Å². The van der Waals surface area contributed by atoms with E-state index in [1.807, 2.05) is 10.7 Å². The van der Waals surface area contributed by atoms with E-state index < -0.39 is 0 Å². The lowest BCUT2D eigenvalue weighted by atomic mass is 9.88. The maximum absolute atomic E-state index is 12.4. The summed E-state index contributed by atoms with van der Waals surface area (Å²) in [5, 5.41) is 16.0. The van der Waals surface area contributed by atoms with E-state index >= 15 is 0 Å². The summed E-state index contributed by atoms with van der Waals surface area (Å²) in [7, 11) is 0. The van der Waals surface area contributed by atoms with Gasteiger partial charge in [0.05, 0.1) is 17.8 Å². The average Bonchev–Trinajstić information content (AvgIpc) is 3.31. The maximum Gasteiger partial charge on any atom is 0.230 e. The number of nitrogens with zero attached hydrogens (tertiary/aromatic N) is 4. The van der Waals surface area contributed by atoms with Crippen LogP contribution in [0.5, 0.6) is 0 Å². The zero-order chi connectivity index (χ0) is 17.1. The first-order valence-corrected chi connectivity index (χ1v) is 10.1. The van der Waals surface area contributed by atoms with Gasteiger partial charge in [-0.1, -0.05) is 48.9 Å². The summed E-state index contributed by atoms with van der Waals surface area (Å²) in [4.78, 5) is 12.4. The number of aromatic nitrogens is 4. The van der Waals surface area contributed by atoms with Crippen molar-refractivity contribution in [2.75, 3.05) is 5.75 Å². The first kappa shape index (κ1) is 16.6. The highest BCUT2D eigenvalue weighted by atomic mass is 32.2. The first-order valence-electron chi connectivity index (χ1n) is 9.09. The number of amides is 1. The number of carbonyl (C=O) groups is 1. The van der Waals surface area contributed by atoms with Crippen LogP contribution in [0.25, 0.3) is 0 Å². The number of nitrogens with one attached hydrogen (secondary N) is 1. The topological polar surface area (TPSA) is 72.7 Å². The molecular weight excluding hydrogens is 334 g/mol. The van der Waals surface area contributed by atoms with Crippen molar-refractivity contribution < 1.29 is 4.79 Å². The molecule has 0 aliphatic heterocycles. The van der Waals surface area contributed by atoms with Gasteiger partial charge >= 0.3 is 0 Å². The van der Waals surface area contributed by atoms with E-state index in [2.05, 4.69) is 39.0 Å². The molecule has 25 heavy (non-hydrogen) atoms. The maximum atomic E-state index is 12.4. The number of aryl methyl sites for hydroxylation is 1. The van der Waals surface area contributed by atoms with Gasteiger partial charge in [-0.25, -0.2) is 4.68 Å². The number of tetrazole rings is 1. The van der Waals surface area contributed by atoms with E-state index in [0.717, 1.165) is 37.3 Å². The standard InChI is InChI=1S/C18H23N5OS/c24-17(19-16-11-5-7-13-6-1-4-10-15(13)16)12-25-18-20-21-22-23(18)14-8-2-3-9-14/h1,4,6,10,14,16H,2-3,5,7-9,11-12H2,(H,19,24). The molecule has 1 fully saturated rings. The predicted octanol–water partition coefficient (Wildman–Crippen LogP) is 3.07. The number of benzene rings is 1. The van der Waals surface area contributed by atoms with Crippen LogP contribution in [0.15, 0.2) is 29.4 Å². The van der Waals surface area contributed by atoms with E-state index in [4.69, 9.17) is 0 Å². The highest BCUT2D eigenvalue weighted by Gasteiger charge is 2.24. The second kappa shape index (κ2) is 7.56. The monoisotopic (exact) mass is 357 g/mol. The van der Waals surface area contributed by atoms with Crippen LogP contribution >= 0.6 is 11.8 Å². The zero-order valence-electron chi connectivity index (χ0n) is 14.2. The minimum atomic E-state index is 0.0488. The largest absolute Gasteiger partial charge is 0.349 e. The Labute approximate surface area is 151 Å². The Morgan fingerprint density at radius 3 is 2.92 bits per heavy atom. The lowest BCUT2D eigenvalue weighted by Gasteiger charge is -2.26. The van der Waals surface area contributed by atoms with Crippen LogP contribution < -0.4 is 5.32 Å². The molecule has 0 radical (unpaired) electrons. The molecule has 1 atom stereocenters. The quantitative estimate of drug-likeness (QED) is 0.833. The second-order valence-corrected chi connectivity index (χ2v) is 7.79. The van der Waals surface area contributed by atoms with Gasteiger partial charge in [-0.3, -0.25) is 4.79 Å². The molecule has 1 amide bonds. The van der Waals surface area contributed by atoms with Crippen LogP contribution in [0.3, 0.4) is 0 Å². The molecule has 2 aliphatic rings. The Morgan fingerprint density at radius 1 is 1.20 bits per heavy atom. The van der Waals surface area contributed by atoms with Crippen LogP contribution in [-0.4, -0.2) is 31.9 Å². The molecule has 1 N–H and O–H groups in total. The van der Waals surface area contributed by atoms with E-state index in [1.54, 1.807) is 0 Å². The van der Waals surface area contributed by atoms with Gasteiger partial charge in [0.25, 0.3) is 0 Å². The van der Waals surface area contributed by atoms with Crippen molar-refractivity contribution in [3.63, 3.8) is 0 Å². The van der Waals surface area contributed by atoms with Gasteiger partial charge in [-0.05, 0) is 53.7 Å². The number of fused-ring (bicyclic) bond motifs is 1. The molecule has 1 aromatic carbocycles. The predicted molar refractivity (Wildman–Crippen MR) is 96.3 cm³/mol. The molecule has 0 saturated heterocycles. The Balaban J connectivity index is 1.35. The van der Waals surface area contributed by atoms with Gasteiger partial charge in [-0.2, -0.15) is 0 Å². The third-order valence-electron chi connectivity index (χ3n) is 5.17. The Hall–Kier alpha value is -1.89. The average molecular weight is 357 g/mol. The summed E-state index contributed by atoms with van der Waals surface area (Å²) in [6, 6.07) is 8.94. The summed E-state index contributed by atoms with van der Waals surface area (Å²) in [5.74, 6) is 0.402. The number of thioether (sulfide) groups is 1. The van der Waals surface area contributed by atoms with E-state index in [9.17, 15) is 4.79 Å². The Morgan fingerprint density at radius 2 is 2.04 bits per heavy atom. The summed E-state index contributed by atoms with van der Waals surface area (Å²) >= 11 is 1.43. The highest BCUT2D eigenvalue weighted by Crippen LogP contribution is 2.32. The van der Waals surface area contributed by atoms with Crippen LogP contribution in [-0.2, 0) is 11.2 Å². The Kier molecular flexibility index (Phi) is 5.01. The fourth-order valence-corrected chi connectivity index (χ4v) is 4.68. The summed E-state index contributed by atoms with van der Waals surface area (Å²) in [5.41, 5.74) is 2.62. The molecule has 2 aliphatic carbocycles. The van der Waals surface area contributed by atoms with E-state index in [1.165, 1.54) is 35.7 Å². The number of carbonyl (C=O) groups excluding carboxylic acids is 1. The molecule has 7 heteroatoms.